The SMILES string of the molecule is CC#Cc1nnc([C@H](N)[C@H](C)O)o1. The zero-order chi connectivity index (χ0) is 9.84. The Kier molecular flexibility index (Phi) is 3.01. The summed E-state index contributed by atoms with van der Waals surface area (Å²) >= 11 is 0. The predicted molar refractivity (Wildman–Crippen MR) is 45.5 cm³/mol. The lowest BCUT2D eigenvalue weighted by Crippen LogP contribution is -2.23. The van der Waals surface area contributed by atoms with Crippen molar-refractivity contribution in [2.24, 2.45) is 5.73 Å². The molecule has 13 heavy (non-hydrogen) atoms. The van der Waals surface area contributed by atoms with E-state index in [1.807, 2.05) is 0 Å². The standard InChI is InChI=1S/C8H11N3O2/c1-3-4-6-10-11-8(13-6)7(9)5(2)12/h5,7,12H,9H2,1-2H3/t5-,7+/m0/s1. The van der Waals surface area contributed by atoms with Crippen LogP contribution in [0.1, 0.15) is 31.7 Å². The molecule has 5 nitrogen and oxygen atoms in total. The molecule has 70 valence electrons. The normalized spacial score (nSPS) is 14.5. The fourth-order valence-electron chi connectivity index (χ4n) is 0.733. The third-order valence-electron chi connectivity index (χ3n) is 1.48. The van der Waals surface area contributed by atoms with Gasteiger partial charge in [-0.25, -0.2) is 0 Å². The molecule has 1 aromatic rings. The molecule has 0 aliphatic rings. The van der Waals surface area contributed by atoms with Gasteiger partial charge in [-0.15, -0.1) is 5.10 Å². The van der Waals surface area contributed by atoms with Crippen LogP contribution in [0.15, 0.2) is 4.42 Å². The van der Waals surface area contributed by atoms with Gasteiger partial charge in [0.05, 0.1) is 6.10 Å². The third kappa shape index (κ3) is 2.28. The maximum Gasteiger partial charge on any atom is 0.293 e. The summed E-state index contributed by atoms with van der Waals surface area (Å²) in [5.74, 6) is 5.63. The van der Waals surface area contributed by atoms with Crippen molar-refractivity contribution in [1.29, 1.82) is 0 Å². The first-order chi connectivity index (χ1) is 6.15. The maximum atomic E-state index is 9.12. The van der Waals surface area contributed by atoms with Crippen molar-refractivity contribution in [3.63, 3.8) is 0 Å². The smallest absolute Gasteiger partial charge is 0.293 e. The highest BCUT2D eigenvalue weighted by Crippen LogP contribution is 2.11. The van der Waals surface area contributed by atoms with Gasteiger partial charge >= 0.3 is 0 Å². The van der Waals surface area contributed by atoms with E-state index in [2.05, 4.69) is 22.0 Å². The molecule has 0 saturated carbocycles. The maximum absolute atomic E-state index is 9.12. The van der Waals surface area contributed by atoms with E-state index in [0.29, 0.717) is 0 Å². The number of rotatable bonds is 2. The van der Waals surface area contributed by atoms with Gasteiger partial charge in [-0.3, -0.25) is 0 Å². The van der Waals surface area contributed by atoms with Gasteiger partial charge in [0, 0.05) is 0 Å². The van der Waals surface area contributed by atoms with Gasteiger partial charge in [-0.2, -0.15) is 0 Å². The van der Waals surface area contributed by atoms with E-state index in [1.54, 1.807) is 13.8 Å². The van der Waals surface area contributed by atoms with Gasteiger partial charge in [0.25, 0.3) is 5.89 Å². The van der Waals surface area contributed by atoms with Crippen LogP contribution >= 0.6 is 0 Å². The quantitative estimate of drug-likeness (QED) is 0.618. The largest absolute Gasteiger partial charge is 0.413 e. The van der Waals surface area contributed by atoms with Gasteiger partial charge in [0.1, 0.15) is 6.04 Å². The second kappa shape index (κ2) is 4.03. The molecule has 0 bridgehead atoms. The summed E-state index contributed by atoms with van der Waals surface area (Å²) in [4.78, 5) is 0. The number of aliphatic hydroxyl groups excluding tert-OH is 1. The monoisotopic (exact) mass is 181 g/mol. The lowest BCUT2D eigenvalue weighted by Gasteiger charge is -2.08. The Balaban J connectivity index is 2.83. The summed E-state index contributed by atoms with van der Waals surface area (Å²) in [6.45, 7) is 3.22. The van der Waals surface area contributed by atoms with Crippen LogP contribution in [0.2, 0.25) is 0 Å². The number of hydrogen-bond acceptors (Lipinski definition) is 5. The Bertz CT molecular complexity index is 335. The number of nitrogens with two attached hydrogens (primary N) is 1. The second-order valence-electron chi connectivity index (χ2n) is 2.59. The lowest BCUT2D eigenvalue weighted by molar-refractivity contribution is 0.150. The van der Waals surface area contributed by atoms with Crippen LogP contribution in [-0.4, -0.2) is 21.4 Å². The molecule has 0 spiro atoms. The van der Waals surface area contributed by atoms with Gasteiger partial charge in [0.2, 0.25) is 5.89 Å². The Morgan fingerprint density at radius 2 is 2.23 bits per heavy atom. The van der Waals surface area contributed by atoms with Gasteiger partial charge in [-0.1, -0.05) is 11.0 Å². The highest BCUT2D eigenvalue weighted by Gasteiger charge is 2.18. The van der Waals surface area contributed by atoms with Crippen molar-refractivity contribution >= 4 is 0 Å². The Morgan fingerprint density at radius 1 is 1.54 bits per heavy atom. The molecule has 1 rings (SSSR count). The van der Waals surface area contributed by atoms with E-state index in [4.69, 9.17) is 15.3 Å². The summed E-state index contributed by atoms with van der Waals surface area (Å²) in [5, 5.41) is 16.4. The zero-order valence-corrected chi connectivity index (χ0v) is 7.48. The Morgan fingerprint density at radius 3 is 2.77 bits per heavy atom. The van der Waals surface area contributed by atoms with Crippen LogP contribution in [-0.2, 0) is 0 Å². The minimum absolute atomic E-state index is 0.202. The van der Waals surface area contributed by atoms with Crippen molar-refractivity contribution in [2.45, 2.75) is 26.0 Å². The van der Waals surface area contributed by atoms with E-state index in [1.165, 1.54) is 0 Å². The number of aromatic nitrogens is 2. The fourth-order valence-corrected chi connectivity index (χ4v) is 0.733. The minimum atomic E-state index is -0.720. The number of aliphatic hydroxyl groups is 1. The molecule has 1 aromatic heterocycles. The molecule has 0 saturated heterocycles. The first-order valence-electron chi connectivity index (χ1n) is 3.85. The molecule has 0 fully saturated rings. The van der Waals surface area contributed by atoms with Crippen LogP contribution in [0.25, 0.3) is 0 Å². The van der Waals surface area contributed by atoms with Crippen molar-refractivity contribution in [1.82, 2.24) is 10.2 Å². The van der Waals surface area contributed by atoms with E-state index in [0.717, 1.165) is 0 Å². The molecule has 0 aliphatic carbocycles. The molecular formula is C8H11N3O2. The lowest BCUT2D eigenvalue weighted by atomic mass is 10.2. The van der Waals surface area contributed by atoms with Crippen LogP contribution in [0, 0.1) is 11.8 Å². The minimum Gasteiger partial charge on any atom is -0.413 e. The van der Waals surface area contributed by atoms with Crippen LogP contribution in [0.3, 0.4) is 0 Å². The molecule has 3 N–H and O–H groups in total. The highest BCUT2D eigenvalue weighted by atomic mass is 16.4. The summed E-state index contributed by atoms with van der Waals surface area (Å²) < 4.78 is 5.07. The Labute approximate surface area is 76.0 Å². The molecule has 1 heterocycles. The summed E-state index contributed by atoms with van der Waals surface area (Å²) in [7, 11) is 0. The predicted octanol–water partition coefficient (Wildman–Crippen LogP) is -0.178. The number of nitrogens with zero attached hydrogens (tertiary/aromatic N) is 2. The molecule has 0 amide bonds. The van der Waals surface area contributed by atoms with Gasteiger partial charge in [-0.05, 0) is 19.8 Å². The number of hydrogen-bond donors (Lipinski definition) is 2. The van der Waals surface area contributed by atoms with Crippen molar-refractivity contribution < 1.29 is 9.52 Å². The first-order valence-corrected chi connectivity index (χ1v) is 3.85. The van der Waals surface area contributed by atoms with E-state index in [9.17, 15) is 0 Å². The van der Waals surface area contributed by atoms with Crippen LogP contribution in [0.5, 0.6) is 0 Å². The van der Waals surface area contributed by atoms with Crippen molar-refractivity contribution in [2.75, 3.05) is 0 Å². The molecule has 2 atom stereocenters. The topological polar surface area (TPSA) is 85.2 Å². The summed E-state index contributed by atoms with van der Waals surface area (Å²) in [5.41, 5.74) is 5.55. The summed E-state index contributed by atoms with van der Waals surface area (Å²) in [6.07, 6.45) is -0.720. The Hall–Kier alpha value is -1.38. The van der Waals surface area contributed by atoms with Gasteiger partial charge in [0.15, 0.2) is 0 Å². The molecule has 0 radical (unpaired) electrons. The van der Waals surface area contributed by atoms with E-state index in [-0.39, 0.29) is 11.8 Å². The fraction of sp³-hybridized carbons (Fsp3) is 0.500. The highest BCUT2D eigenvalue weighted by molar-refractivity contribution is 5.15. The second-order valence-corrected chi connectivity index (χ2v) is 2.59. The van der Waals surface area contributed by atoms with Crippen molar-refractivity contribution in [3.05, 3.63) is 11.8 Å². The average molecular weight is 181 g/mol. The first kappa shape index (κ1) is 9.71. The van der Waals surface area contributed by atoms with E-state index < -0.39 is 12.1 Å². The molecule has 0 aliphatic heterocycles. The van der Waals surface area contributed by atoms with Crippen LogP contribution in [0.4, 0.5) is 0 Å². The van der Waals surface area contributed by atoms with Crippen LogP contribution < -0.4 is 5.73 Å². The van der Waals surface area contributed by atoms with E-state index >= 15 is 0 Å². The molecule has 0 unspecified atom stereocenters. The molecule has 5 heteroatoms. The van der Waals surface area contributed by atoms with Crippen molar-refractivity contribution in [3.8, 4) is 11.8 Å². The third-order valence-corrected chi connectivity index (χ3v) is 1.48. The molecular weight excluding hydrogens is 170 g/mol. The summed E-state index contributed by atoms with van der Waals surface area (Å²) in [6, 6.07) is -0.653. The average Bonchev–Trinajstić information content (AvgIpc) is 2.52. The van der Waals surface area contributed by atoms with Gasteiger partial charge < -0.3 is 15.3 Å². The zero-order valence-electron chi connectivity index (χ0n) is 7.48. The molecule has 0 aromatic carbocycles.